The van der Waals surface area contributed by atoms with Gasteiger partial charge in [-0.25, -0.2) is 0 Å². The van der Waals surface area contributed by atoms with E-state index in [1.54, 1.807) is 18.3 Å². The first kappa shape index (κ1) is 15.3. The largest absolute Gasteiger partial charge is 0.505 e. The van der Waals surface area contributed by atoms with E-state index in [1.165, 1.54) is 0 Å². The van der Waals surface area contributed by atoms with Crippen LogP contribution in [0.4, 0.5) is 0 Å². The minimum absolute atomic E-state index is 0. The number of nitrogens with zero attached hydrogens (tertiary/aromatic N) is 1. The van der Waals surface area contributed by atoms with Gasteiger partial charge in [0.2, 0.25) is 0 Å². The number of phenolic OH excluding ortho intramolecular Hbond substituents is 1. The second kappa shape index (κ2) is 6.11. The number of phenols is 1. The maximum absolute atomic E-state index is 9.77. The number of nitrogens with two attached hydrogens (primary N) is 1. The molecule has 0 saturated heterocycles. The van der Waals surface area contributed by atoms with E-state index in [4.69, 9.17) is 17.3 Å². The van der Waals surface area contributed by atoms with Gasteiger partial charge in [0.1, 0.15) is 11.3 Å². The van der Waals surface area contributed by atoms with Crippen LogP contribution in [-0.2, 0) is 6.54 Å². The number of rotatable bonds is 1. The summed E-state index contributed by atoms with van der Waals surface area (Å²) in [4.78, 5) is 4.06. The zero-order chi connectivity index (χ0) is 10.1. The SMILES string of the molecule is Cl.Cl.NCc1cc(Cl)c2cccnc2c1O. The maximum Gasteiger partial charge on any atom is 0.146 e. The van der Waals surface area contributed by atoms with Crippen molar-refractivity contribution in [2.24, 2.45) is 5.73 Å². The predicted octanol–water partition coefficient (Wildman–Crippen LogP) is 2.90. The Morgan fingerprint density at radius 2 is 2.06 bits per heavy atom. The summed E-state index contributed by atoms with van der Waals surface area (Å²) >= 11 is 6.01. The lowest BCUT2D eigenvalue weighted by Crippen LogP contribution is -1.97. The third-order valence-corrected chi connectivity index (χ3v) is 2.43. The van der Waals surface area contributed by atoms with Crippen LogP contribution >= 0.6 is 36.4 Å². The third-order valence-electron chi connectivity index (χ3n) is 2.11. The van der Waals surface area contributed by atoms with Crippen LogP contribution in [0.1, 0.15) is 5.56 Å². The van der Waals surface area contributed by atoms with Gasteiger partial charge in [0.15, 0.2) is 0 Å². The van der Waals surface area contributed by atoms with E-state index in [2.05, 4.69) is 4.98 Å². The molecule has 2 aromatic rings. The number of hydrogen-bond donors (Lipinski definition) is 2. The second-order valence-corrected chi connectivity index (χ2v) is 3.38. The first-order valence-electron chi connectivity index (χ1n) is 4.19. The van der Waals surface area contributed by atoms with Crippen molar-refractivity contribution in [3.05, 3.63) is 35.0 Å². The molecule has 6 heteroatoms. The topological polar surface area (TPSA) is 59.1 Å². The molecule has 16 heavy (non-hydrogen) atoms. The summed E-state index contributed by atoms with van der Waals surface area (Å²) in [5.74, 6) is 0.118. The average molecular weight is 282 g/mol. The zero-order valence-corrected chi connectivity index (χ0v) is 10.6. The summed E-state index contributed by atoms with van der Waals surface area (Å²) in [6.07, 6.45) is 1.61. The van der Waals surface area contributed by atoms with Gasteiger partial charge >= 0.3 is 0 Å². The van der Waals surface area contributed by atoms with Gasteiger partial charge in [-0.15, -0.1) is 24.8 Å². The van der Waals surface area contributed by atoms with E-state index in [1.807, 2.05) is 6.07 Å². The highest BCUT2D eigenvalue weighted by Crippen LogP contribution is 2.32. The van der Waals surface area contributed by atoms with Crippen LogP contribution < -0.4 is 5.73 Å². The monoisotopic (exact) mass is 280 g/mol. The Labute approximate surface area is 110 Å². The van der Waals surface area contributed by atoms with E-state index in [0.29, 0.717) is 16.1 Å². The Balaban J connectivity index is 0.00000112. The molecule has 0 fully saturated rings. The minimum Gasteiger partial charge on any atom is -0.505 e. The molecule has 0 bridgehead atoms. The van der Waals surface area contributed by atoms with Crippen molar-refractivity contribution in [2.45, 2.75) is 6.54 Å². The molecule has 2 rings (SSSR count). The highest BCUT2D eigenvalue weighted by atomic mass is 35.5. The lowest BCUT2D eigenvalue weighted by atomic mass is 10.1. The molecule has 88 valence electrons. The van der Waals surface area contributed by atoms with E-state index in [9.17, 15) is 5.11 Å². The van der Waals surface area contributed by atoms with Crippen molar-refractivity contribution < 1.29 is 5.11 Å². The van der Waals surface area contributed by atoms with Gasteiger partial charge in [-0.1, -0.05) is 11.6 Å². The first-order chi connectivity index (χ1) is 6.74. The molecule has 3 nitrogen and oxygen atoms in total. The Morgan fingerprint density at radius 1 is 1.38 bits per heavy atom. The molecule has 0 aliphatic carbocycles. The molecule has 1 aromatic carbocycles. The fraction of sp³-hybridized carbons (Fsp3) is 0.100. The van der Waals surface area contributed by atoms with Gasteiger partial charge in [-0.05, 0) is 18.2 Å². The lowest BCUT2D eigenvalue weighted by Gasteiger charge is -2.06. The van der Waals surface area contributed by atoms with E-state index < -0.39 is 0 Å². The van der Waals surface area contributed by atoms with Crippen LogP contribution in [0.25, 0.3) is 10.9 Å². The summed E-state index contributed by atoms with van der Waals surface area (Å²) in [5.41, 5.74) is 6.58. The van der Waals surface area contributed by atoms with E-state index in [0.717, 1.165) is 5.39 Å². The van der Waals surface area contributed by atoms with Crippen molar-refractivity contribution in [2.75, 3.05) is 0 Å². The Kier molecular flexibility index (Phi) is 5.83. The fourth-order valence-electron chi connectivity index (χ4n) is 1.39. The molecule has 1 aromatic heterocycles. The molecular weight excluding hydrogens is 270 g/mol. The molecule has 0 spiro atoms. The van der Waals surface area contributed by atoms with Gasteiger partial charge in [0.25, 0.3) is 0 Å². The van der Waals surface area contributed by atoms with Crippen molar-refractivity contribution in [1.82, 2.24) is 4.98 Å². The molecule has 0 aliphatic rings. The summed E-state index contributed by atoms with van der Waals surface area (Å²) in [6, 6.07) is 5.25. The second-order valence-electron chi connectivity index (χ2n) is 2.97. The molecular formula is C10H11Cl3N2O. The number of hydrogen-bond acceptors (Lipinski definition) is 3. The van der Waals surface area contributed by atoms with Crippen molar-refractivity contribution in [3.8, 4) is 5.75 Å². The average Bonchev–Trinajstić information content (AvgIpc) is 2.23. The van der Waals surface area contributed by atoms with Crippen molar-refractivity contribution in [3.63, 3.8) is 0 Å². The number of halogens is 3. The molecule has 0 unspecified atom stereocenters. The Morgan fingerprint density at radius 3 is 2.69 bits per heavy atom. The summed E-state index contributed by atoms with van der Waals surface area (Å²) < 4.78 is 0. The van der Waals surface area contributed by atoms with Gasteiger partial charge < -0.3 is 10.8 Å². The van der Waals surface area contributed by atoms with Crippen LogP contribution in [0.3, 0.4) is 0 Å². The Bertz CT molecular complexity index is 491. The first-order valence-corrected chi connectivity index (χ1v) is 4.57. The molecule has 1 heterocycles. The smallest absolute Gasteiger partial charge is 0.146 e. The molecule has 0 radical (unpaired) electrons. The molecule has 0 amide bonds. The molecule has 0 atom stereocenters. The highest BCUT2D eigenvalue weighted by molar-refractivity contribution is 6.35. The molecule has 3 N–H and O–H groups in total. The van der Waals surface area contributed by atoms with Crippen LogP contribution in [0.15, 0.2) is 24.4 Å². The summed E-state index contributed by atoms with van der Waals surface area (Å²) in [5, 5.41) is 11.1. The summed E-state index contributed by atoms with van der Waals surface area (Å²) in [6.45, 7) is 0.248. The molecule has 0 saturated carbocycles. The molecule has 0 aliphatic heterocycles. The van der Waals surface area contributed by atoms with E-state index >= 15 is 0 Å². The van der Waals surface area contributed by atoms with Crippen molar-refractivity contribution in [1.29, 1.82) is 0 Å². The Hall–Kier alpha value is -0.740. The fourth-order valence-corrected chi connectivity index (χ4v) is 1.68. The number of pyridine rings is 1. The van der Waals surface area contributed by atoms with Crippen molar-refractivity contribution >= 4 is 47.3 Å². The normalized spacial score (nSPS) is 9.38. The summed E-state index contributed by atoms with van der Waals surface area (Å²) in [7, 11) is 0. The quantitative estimate of drug-likeness (QED) is 0.845. The van der Waals surface area contributed by atoms with E-state index in [-0.39, 0.29) is 37.1 Å². The third kappa shape index (κ3) is 2.50. The van der Waals surface area contributed by atoms with Crippen LogP contribution in [0.2, 0.25) is 5.02 Å². The van der Waals surface area contributed by atoms with Gasteiger partial charge in [-0.3, -0.25) is 4.98 Å². The van der Waals surface area contributed by atoms with Crippen LogP contribution in [-0.4, -0.2) is 10.1 Å². The standard InChI is InChI=1S/C10H9ClN2O.2ClH/c11-8-4-6(5-12)10(14)9-7(8)2-1-3-13-9;;/h1-4,14H,5,12H2;2*1H. The maximum atomic E-state index is 9.77. The minimum atomic E-state index is 0. The predicted molar refractivity (Wildman–Crippen MR) is 70.8 cm³/mol. The van der Waals surface area contributed by atoms with Gasteiger partial charge in [-0.2, -0.15) is 0 Å². The number of benzene rings is 1. The van der Waals surface area contributed by atoms with Crippen LogP contribution in [0.5, 0.6) is 5.75 Å². The highest BCUT2D eigenvalue weighted by Gasteiger charge is 2.09. The van der Waals surface area contributed by atoms with Gasteiger partial charge in [0.05, 0.1) is 5.02 Å². The lowest BCUT2D eigenvalue weighted by molar-refractivity contribution is 0.473. The number of fused-ring (bicyclic) bond motifs is 1. The number of aromatic nitrogens is 1. The van der Waals surface area contributed by atoms with Crippen LogP contribution in [0, 0.1) is 0 Å². The number of aromatic hydroxyl groups is 1. The van der Waals surface area contributed by atoms with Gasteiger partial charge in [0, 0.05) is 23.7 Å². The zero-order valence-electron chi connectivity index (χ0n) is 8.18.